The number of para-hydroxylation sites is 2. The highest BCUT2D eigenvalue weighted by Gasteiger charge is 2.17. The van der Waals surface area contributed by atoms with Crippen molar-refractivity contribution < 1.29 is 13.2 Å². The van der Waals surface area contributed by atoms with Gasteiger partial charge in [0.15, 0.2) is 5.82 Å². The molecule has 0 spiro atoms. The zero-order valence-electron chi connectivity index (χ0n) is 18.9. The Morgan fingerprint density at radius 1 is 1.03 bits per heavy atom. The van der Waals surface area contributed by atoms with Crippen LogP contribution in [0.3, 0.4) is 0 Å². The standard InChI is InChI=1S/C24H29N5O3S/c1-32-16-14-21-27-22-23(18-11-4-6-13-20(18)26-24(22)25)29(21)15-8-7-10-17-9-3-5-12-19(17)28-33(2,30)31/h3-6,9,11-13,28H,7-8,10,14-16H2,1-2H3,(H2,25,26). The van der Waals surface area contributed by atoms with E-state index in [1.165, 1.54) is 6.26 Å². The van der Waals surface area contributed by atoms with Crippen molar-refractivity contribution in [3.05, 3.63) is 59.9 Å². The number of sulfonamides is 1. The number of pyridine rings is 1. The second-order valence-corrected chi connectivity index (χ2v) is 9.87. The number of anilines is 2. The fourth-order valence-electron chi connectivity index (χ4n) is 4.15. The van der Waals surface area contributed by atoms with Crippen LogP contribution in [0, 0.1) is 0 Å². The maximum atomic E-state index is 11.7. The molecule has 0 atom stereocenters. The second-order valence-electron chi connectivity index (χ2n) is 8.12. The number of unbranched alkanes of at least 4 members (excludes halogenated alkanes) is 1. The Labute approximate surface area is 193 Å². The maximum Gasteiger partial charge on any atom is 0.229 e. The number of hydrogen-bond acceptors (Lipinski definition) is 6. The Kier molecular flexibility index (Phi) is 6.80. The molecule has 0 saturated heterocycles. The van der Waals surface area contributed by atoms with E-state index in [1.54, 1.807) is 13.2 Å². The number of nitrogen functional groups attached to an aromatic ring is 1. The number of hydrogen-bond donors (Lipinski definition) is 2. The predicted molar refractivity (Wildman–Crippen MR) is 133 cm³/mol. The third kappa shape index (κ3) is 5.26. The van der Waals surface area contributed by atoms with Crippen LogP contribution in [-0.2, 0) is 34.1 Å². The van der Waals surface area contributed by atoms with Crippen molar-refractivity contribution >= 4 is 43.5 Å². The summed E-state index contributed by atoms with van der Waals surface area (Å²) in [5.41, 5.74) is 10.5. The lowest BCUT2D eigenvalue weighted by atomic mass is 10.1. The lowest BCUT2D eigenvalue weighted by Gasteiger charge is -2.12. The van der Waals surface area contributed by atoms with Crippen molar-refractivity contribution in [3.63, 3.8) is 0 Å². The summed E-state index contributed by atoms with van der Waals surface area (Å²) in [5.74, 6) is 1.36. The SMILES string of the molecule is COCCc1nc2c(N)nc3ccccc3c2n1CCCCc1ccccc1NS(C)(=O)=O. The summed E-state index contributed by atoms with van der Waals surface area (Å²) >= 11 is 0. The Morgan fingerprint density at radius 2 is 1.79 bits per heavy atom. The smallest absolute Gasteiger partial charge is 0.229 e. The summed E-state index contributed by atoms with van der Waals surface area (Å²) in [5, 5.41) is 1.03. The van der Waals surface area contributed by atoms with Gasteiger partial charge in [-0.1, -0.05) is 36.4 Å². The van der Waals surface area contributed by atoms with Gasteiger partial charge in [0.25, 0.3) is 0 Å². The average molecular weight is 468 g/mol. The highest BCUT2D eigenvalue weighted by molar-refractivity contribution is 7.92. The quantitative estimate of drug-likeness (QED) is 0.344. The number of rotatable bonds is 10. The van der Waals surface area contributed by atoms with Crippen LogP contribution in [0.4, 0.5) is 11.5 Å². The highest BCUT2D eigenvalue weighted by atomic mass is 32.2. The van der Waals surface area contributed by atoms with Crippen molar-refractivity contribution in [3.8, 4) is 0 Å². The van der Waals surface area contributed by atoms with Crippen molar-refractivity contribution in [2.45, 2.75) is 32.2 Å². The van der Waals surface area contributed by atoms with Crippen LogP contribution < -0.4 is 10.5 Å². The monoisotopic (exact) mass is 467 g/mol. The Balaban J connectivity index is 1.59. The van der Waals surface area contributed by atoms with Gasteiger partial charge in [-0.25, -0.2) is 18.4 Å². The molecule has 174 valence electrons. The third-order valence-corrected chi connectivity index (χ3v) is 6.20. The Morgan fingerprint density at radius 3 is 2.58 bits per heavy atom. The number of aromatic nitrogens is 3. The first-order valence-electron chi connectivity index (χ1n) is 11.0. The van der Waals surface area contributed by atoms with E-state index in [0.717, 1.165) is 59.1 Å². The number of nitrogens with one attached hydrogen (secondary N) is 1. The molecule has 9 heteroatoms. The zero-order chi connectivity index (χ0) is 23.4. The van der Waals surface area contributed by atoms with Gasteiger partial charge in [-0.15, -0.1) is 0 Å². The van der Waals surface area contributed by atoms with Gasteiger partial charge in [0.1, 0.15) is 11.3 Å². The van der Waals surface area contributed by atoms with Crippen LogP contribution in [0.5, 0.6) is 0 Å². The van der Waals surface area contributed by atoms with E-state index in [2.05, 4.69) is 20.3 Å². The first-order valence-corrected chi connectivity index (χ1v) is 12.8. The molecule has 0 unspecified atom stereocenters. The minimum absolute atomic E-state index is 0.432. The minimum Gasteiger partial charge on any atom is -0.384 e. The molecule has 0 saturated carbocycles. The normalized spacial score (nSPS) is 11.9. The first kappa shape index (κ1) is 23.0. The molecule has 33 heavy (non-hydrogen) atoms. The molecule has 0 amide bonds. The fourth-order valence-corrected chi connectivity index (χ4v) is 4.75. The lowest BCUT2D eigenvalue weighted by Crippen LogP contribution is -2.11. The van der Waals surface area contributed by atoms with Crippen molar-refractivity contribution in [2.24, 2.45) is 0 Å². The van der Waals surface area contributed by atoms with Crippen molar-refractivity contribution in [2.75, 3.05) is 30.4 Å². The molecule has 2 aromatic heterocycles. The minimum atomic E-state index is -3.32. The van der Waals surface area contributed by atoms with E-state index >= 15 is 0 Å². The topological polar surface area (TPSA) is 112 Å². The Bertz CT molecular complexity index is 1380. The van der Waals surface area contributed by atoms with E-state index in [4.69, 9.17) is 15.5 Å². The molecule has 0 aliphatic carbocycles. The van der Waals surface area contributed by atoms with E-state index in [0.29, 0.717) is 24.5 Å². The molecule has 0 radical (unpaired) electrons. The van der Waals surface area contributed by atoms with Crippen LogP contribution in [0.1, 0.15) is 24.2 Å². The van der Waals surface area contributed by atoms with E-state index in [1.807, 2.05) is 36.4 Å². The van der Waals surface area contributed by atoms with Crippen LogP contribution in [0.15, 0.2) is 48.5 Å². The van der Waals surface area contributed by atoms with Gasteiger partial charge >= 0.3 is 0 Å². The predicted octanol–water partition coefficient (Wildman–Crippen LogP) is 3.75. The van der Waals surface area contributed by atoms with Gasteiger partial charge in [0.05, 0.1) is 29.6 Å². The molecule has 0 fully saturated rings. The molecule has 4 rings (SSSR count). The number of ether oxygens (including phenoxy) is 1. The molecular formula is C24H29N5O3S. The average Bonchev–Trinajstić information content (AvgIpc) is 3.14. The molecule has 4 aromatic rings. The molecule has 8 nitrogen and oxygen atoms in total. The number of aryl methyl sites for hydroxylation is 2. The molecule has 0 bridgehead atoms. The van der Waals surface area contributed by atoms with Crippen LogP contribution in [-0.4, -0.2) is 42.9 Å². The van der Waals surface area contributed by atoms with E-state index in [-0.39, 0.29) is 0 Å². The van der Waals surface area contributed by atoms with Gasteiger partial charge in [0, 0.05) is 25.5 Å². The number of fused-ring (bicyclic) bond motifs is 3. The summed E-state index contributed by atoms with van der Waals surface area (Å²) < 4.78 is 33.5. The molecule has 2 heterocycles. The van der Waals surface area contributed by atoms with E-state index < -0.39 is 10.0 Å². The van der Waals surface area contributed by atoms with Crippen LogP contribution >= 0.6 is 0 Å². The summed E-state index contributed by atoms with van der Waals surface area (Å²) in [6, 6.07) is 15.5. The molecule has 2 aromatic carbocycles. The second kappa shape index (κ2) is 9.76. The third-order valence-electron chi connectivity index (χ3n) is 5.61. The van der Waals surface area contributed by atoms with E-state index in [9.17, 15) is 8.42 Å². The van der Waals surface area contributed by atoms with Crippen LogP contribution in [0.2, 0.25) is 0 Å². The molecule has 0 aliphatic rings. The number of nitrogens with two attached hydrogens (primary N) is 1. The highest BCUT2D eigenvalue weighted by Crippen LogP contribution is 2.29. The molecule has 3 N–H and O–H groups in total. The number of nitrogens with zero attached hydrogens (tertiary/aromatic N) is 3. The van der Waals surface area contributed by atoms with Gasteiger partial charge in [-0.3, -0.25) is 4.72 Å². The van der Waals surface area contributed by atoms with Gasteiger partial charge in [-0.05, 0) is 37.0 Å². The largest absolute Gasteiger partial charge is 0.384 e. The maximum absolute atomic E-state index is 11.7. The number of benzene rings is 2. The number of methoxy groups -OCH3 is 1. The molecular weight excluding hydrogens is 438 g/mol. The summed E-state index contributed by atoms with van der Waals surface area (Å²) in [6.45, 7) is 1.34. The number of imidazole rings is 1. The van der Waals surface area contributed by atoms with Gasteiger partial charge < -0.3 is 15.0 Å². The summed E-state index contributed by atoms with van der Waals surface area (Å²) in [4.78, 5) is 9.34. The zero-order valence-corrected chi connectivity index (χ0v) is 19.7. The summed E-state index contributed by atoms with van der Waals surface area (Å²) in [6.07, 6.45) is 4.41. The lowest BCUT2D eigenvalue weighted by molar-refractivity contribution is 0.199. The fraction of sp³-hybridized carbons (Fsp3) is 0.333. The summed E-state index contributed by atoms with van der Waals surface area (Å²) in [7, 11) is -1.64. The van der Waals surface area contributed by atoms with Gasteiger partial charge in [0.2, 0.25) is 10.0 Å². The van der Waals surface area contributed by atoms with Crippen LogP contribution in [0.25, 0.3) is 21.9 Å². The first-order chi connectivity index (χ1) is 15.9. The van der Waals surface area contributed by atoms with Gasteiger partial charge in [-0.2, -0.15) is 0 Å². The van der Waals surface area contributed by atoms with Crippen molar-refractivity contribution in [1.82, 2.24) is 14.5 Å². The van der Waals surface area contributed by atoms with Crippen molar-refractivity contribution in [1.29, 1.82) is 0 Å². The molecule has 0 aliphatic heterocycles. The Hall–Kier alpha value is -3.17.